The van der Waals surface area contributed by atoms with E-state index in [0.717, 1.165) is 0 Å². The van der Waals surface area contributed by atoms with Crippen molar-refractivity contribution < 1.29 is 30.6 Å². The van der Waals surface area contributed by atoms with Crippen LogP contribution in [-0.2, 0) is 0 Å². The molecule has 9 N–H and O–H groups in total. The summed E-state index contributed by atoms with van der Waals surface area (Å²) >= 11 is 0. The van der Waals surface area contributed by atoms with E-state index >= 15 is 0 Å². The average Bonchev–Trinajstić information content (AvgIpc) is 2.91. The minimum Gasteiger partial charge on any atom is -0.395 e. The lowest BCUT2D eigenvalue weighted by Crippen LogP contribution is -2.48. The predicted octanol–water partition coefficient (Wildman–Crippen LogP) is -5.31. The van der Waals surface area contributed by atoms with Crippen LogP contribution in [0.2, 0.25) is 0 Å². The average molecular weight is 307 g/mol. The molecular formula is C12H25N3O6. The van der Waals surface area contributed by atoms with Crippen LogP contribution in [0.15, 0.2) is 0 Å². The van der Waals surface area contributed by atoms with Crippen molar-refractivity contribution in [3.05, 3.63) is 0 Å². The van der Waals surface area contributed by atoms with Crippen molar-refractivity contribution in [2.24, 2.45) is 0 Å². The van der Waals surface area contributed by atoms with E-state index in [0.29, 0.717) is 13.1 Å². The molecular weight excluding hydrogens is 282 g/mol. The molecule has 2 fully saturated rings. The molecule has 0 aromatic heterocycles. The molecule has 2 rings (SSSR count). The molecule has 0 spiro atoms. The molecule has 124 valence electrons. The maximum atomic E-state index is 9.82. The summed E-state index contributed by atoms with van der Waals surface area (Å²) in [4.78, 5) is 0. The van der Waals surface area contributed by atoms with Gasteiger partial charge in [-0.3, -0.25) is 0 Å². The van der Waals surface area contributed by atoms with Gasteiger partial charge in [-0.25, -0.2) is 0 Å². The molecule has 9 nitrogen and oxygen atoms in total. The Morgan fingerprint density at radius 3 is 1.24 bits per heavy atom. The third-order valence-corrected chi connectivity index (χ3v) is 4.33. The zero-order valence-corrected chi connectivity index (χ0v) is 11.6. The van der Waals surface area contributed by atoms with E-state index in [1.165, 1.54) is 0 Å². The summed E-state index contributed by atoms with van der Waals surface area (Å²) in [6, 6.07) is -1.92. The Balaban J connectivity index is 1.75. The lowest BCUT2D eigenvalue weighted by Gasteiger charge is -2.20. The van der Waals surface area contributed by atoms with Crippen LogP contribution in [0, 0.1) is 0 Å². The first-order chi connectivity index (χ1) is 9.99. The molecule has 0 radical (unpaired) electrons. The second-order valence-electron chi connectivity index (χ2n) is 5.75. The zero-order chi connectivity index (χ0) is 15.6. The van der Waals surface area contributed by atoms with Crippen LogP contribution >= 0.6 is 0 Å². The Kier molecular flexibility index (Phi) is 5.88. The molecule has 21 heavy (non-hydrogen) atoms. The Labute approximate surface area is 122 Å². The van der Waals surface area contributed by atoms with Crippen molar-refractivity contribution in [2.45, 2.75) is 48.6 Å². The van der Waals surface area contributed by atoms with Gasteiger partial charge in [-0.2, -0.15) is 0 Å². The predicted molar refractivity (Wildman–Crippen MR) is 72.5 cm³/mol. The summed E-state index contributed by atoms with van der Waals surface area (Å²) in [5.41, 5.74) is 0. The monoisotopic (exact) mass is 307 g/mol. The molecule has 0 aromatic carbocycles. The summed E-state index contributed by atoms with van der Waals surface area (Å²) in [7, 11) is 0. The van der Waals surface area contributed by atoms with E-state index in [9.17, 15) is 20.4 Å². The van der Waals surface area contributed by atoms with Crippen molar-refractivity contribution in [3.8, 4) is 0 Å². The number of hydrogen-bond donors (Lipinski definition) is 9. The highest BCUT2D eigenvalue weighted by molar-refractivity contribution is 5.01. The number of hydrogen-bond acceptors (Lipinski definition) is 9. The van der Waals surface area contributed by atoms with Gasteiger partial charge in [0.25, 0.3) is 0 Å². The minimum absolute atomic E-state index is 0.262. The lowest BCUT2D eigenvalue weighted by molar-refractivity contribution is 0.0171. The van der Waals surface area contributed by atoms with E-state index < -0.39 is 48.6 Å². The molecule has 2 aliphatic rings. The van der Waals surface area contributed by atoms with Crippen LogP contribution < -0.4 is 16.0 Å². The number of aliphatic hydroxyl groups is 6. The largest absolute Gasteiger partial charge is 0.395 e. The molecule has 2 heterocycles. The van der Waals surface area contributed by atoms with Crippen LogP contribution in [0.3, 0.4) is 0 Å². The van der Waals surface area contributed by atoms with Crippen molar-refractivity contribution in [3.63, 3.8) is 0 Å². The molecule has 8 atom stereocenters. The number of rotatable bonds is 6. The van der Waals surface area contributed by atoms with Crippen LogP contribution in [-0.4, -0.2) is 106 Å². The quantitative estimate of drug-likeness (QED) is 0.234. The van der Waals surface area contributed by atoms with Gasteiger partial charge in [-0.1, -0.05) is 0 Å². The van der Waals surface area contributed by atoms with Gasteiger partial charge in [0.05, 0.1) is 49.7 Å². The maximum absolute atomic E-state index is 9.82. The molecule has 2 saturated heterocycles. The highest BCUT2D eigenvalue weighted by atomic mass is 16.3. The molecule has 0 aliphatic carbocycles. The molecule has 2 aliphatic heterocycles. The highest BCUT2D eigenvalue weighted by Gasteiger charge is 2.42. The molecule has 0 aromatic rings. The molecule has 0 amide bonds. The second-order valence-corrected chi connectivity index (χ2v) is 5.75. The van der Waals surface area contributed by atoms with Crippen molar-refractivity contribution in [1.29, 1.82) is 0 Å². The topological polar surface area (TPSA) is 157 Å². The Morgan fingerprint density at radius 1 is 0.619 bits per heavy atom. The molecule has 0 saturated carbocycles. The van der Waals surface area contributed by atoms with Gasteiger partial charge < -0.3 is 46.6 Å². The van der Waals surface area contributed by atoms with Crippen LogP contribution in [0.5, 0.6) is 0 Å². The van der Waals surface area contributed by atoms with Crippen LogP contribution in [0.25, 0.3) is 0 Å². The van der Waals surface area contributed by atoms with Gasteiger partial charge in [0.1, 0.15) is 0 Å². The standard InChI is InChI=1S/C12H25N3O6/c16-3-7-11(20)9(18)5(14-7)1-13-2-6-10(19)12(21)8(4-17)15-6/h5-21H,1-4H2/t5-,6?,7-,8-,9-,10-,11-,12-/m1/s1. The van der Waals surface area contributed by atoms with Gasteiger partial charge in [0.2, 0.25) is 0 Å². The van der Waals surface area contributed by atoms with Crippen molar-refractivity contribution >= 4 is 0 Å². The second kappa shape index (κ2) is 7.27. The van der Waals surface area contributed by atoms with Gasteiger partial charge >= 0.3 is 0 Å². The van der Waals surface area contributed by atoms with E-state index in [4.69, 9.17) is 10.2 Å². The highest BCUT2D eigenvalue weighted by Crippen LogP contribution is 2.15. The summed E-state index contributed by atoms with van der Waals surface area (Å²) in [6.45, 7) is 0.142. The van der Waals surface area contributed by atoms with Gasteiger partial charge in [0, 0.05) is 25.2 Å². The first-order valence-corrected chi connectivity index (χ1v) is 7.16. The molecule has 1 unspecified atom stereocenters. The smallest absolute Gasteiger partial charge is 0.0989 e. The third-order valence-electron chi connectivity index (χ3n) is 4.33. The number of nitrogens with one attached hydrogen (secondary N) is 3. The van der Waals surface area contributed by atoms with Crippen LogP contribution in [0.1, 0.15) is 0 Å². The molecule has 0 bridgehead atoms. The first kappa shape index (κ1) is 17.0. The minimum atomic E-state index is -1.02. The summed E-state index contributed by atoms with van der Waals surface area (Å²) in [5.74, 6) is 0. The van der Waals surface area contributed by atoms with E-state index in [-0.39, 0.29) is 13.2 Å². The Bertz CT molecular complexity index is 306. The summed E-state index contributed by atoms with van der Waals surface area (Å²) in [5, 5.41) is 65.9. The van der Waals surface area contributed by atoms with E-state index in [1.807, 2.05) is 0 Å². The summed E-state index contributed by atoms with van der Waals surface area (Å²) in [6.07, 6.45) is -3.99. The lowest BCUT2D eigenvalue weighted by atomic mass is 10.1. The fourth-order valence-electron chi connectivity index (χ4n) is 2.97. The first-order valence-electron chi connectivity index (χ1n) is 7.16. The zero-order valence-electron chi connectivity index (χ0n) is 11.6. The maximum Gasteiger partial charge on any atom is 0.0989 e. The SMILES string of the molecule is OC[C@H]1N[C@H](CNCC2N[C@H](CO)[C@@H](O)[C@@H]2O)[C@@H](O)[C@@H]1O. The number of aliphatic hydroxyl groups excluding tert-OH is 6. The fraction of sp³-hybridized carbons (Fsp3) is 1.00. The van der Waals surface area contributed by atoms with Crippen molar-refractivity contribution in [1.82, 2.24) is 16.0 Å². The van der Waals surface area contributed by atoms with E-state index in [2.05, 4.69) is 16.0 Å². The molecule has 9 heteroatoms. The van der Waals surface area contributed by atoms with Crippen LogP contribution in [0.4, 0.5) is 0 Å². The Hall–Kier alpha value is -0.360. The Morgan fingerprint density at radius 2 is 0.952 bits per heavy atom. The normalized spacial score (nSPS) is 47.1. The fourth-order valence-corrected chi connectivity index (χ4v) is 2.97. The summed E-state index contributed by atoms with van der Waals surface area (Å²) < 4.78 is 0. The van der Waals surface area contributed by atoms with Gasteiger partial charge in [-0.05, 0) is 0 Å². The third kappa shape index (κ3) is 3.52. The van der Waals surface area contributed by atoms with E-state index in [1.54, 1.807) is 0 Å². The van der Waals surface area contributed by atoms with Gasteiger partial charge in [0.15, 0.2) is 0 Å². The van der Waals surface area contributed by atoms with Gasteiger partial charge in [-0.15, -0.1) is 0 Å². The van der Waals surface area contributed by atoms with Crippen molar-refractivity contribution in [2.75, 3.05) is 26.3 Å².